The molecule has 0 spiro atoms. The third-order valence-corrected chi connectivity index (χ3v) is 6.05. The quantitative estimate of drug-likeness (QED) is 0.843. The average Bonchev–Trinajstić information content (AvgIpc) is 2.97. The van der Waals surface area contributed by atoms with E-state index < -0.39 is 10.0 Å². The fourth-order valence-corrected chi connectivity index (χ4v) is 4.84. The summed E-state index contributed by atoms with van der Waals surface area (Å²) in [6.07, 6.45) is 1.47. The second kappa shape index (κ2) is 5.29. The van der Waals surface area contributed by atoms with Crippen LogP contribution in [0, 0.1) is 0 Å². The van der Waals surface area contributed by atoms with Gasteiger partial charge in [-0.15, -0.1) is 0 Å². The largest absolute Gasteiger partial charge is 0.398 e. The maximum atomic E-state index is 12.9. The minimum absolute atomic E-state index is 0.147. The number of nitrogens with two attached hydrogens (primary N) is 1. The normalized spacial score (nSPS) is 20.1. The lowest BCUT2D eigenvalue weighted by molar-refractivity contribution is 0.213. The van der Waals surface area contributed by atoms with E-state index in [2.05, 4.69) is 0 Å². The molecule has 21 heavy (non-hydrogen) atoms. The van der Waals surface area contributed by atoms with E-state index in [4.69, 9.17) is 5.73 Å². The molecular weight excluding hydrogens is 288 g/mol. The van der Waals surface area contributed by atoms with Crippen molar-refractivity contribution in [3.05, 3.63) is 36.4 Å². The van der Waals surface area contributed by atoms with Crippen LogP contribution in [-0.2, 0) is 10.0 Å². The molecule has 1 atom stereocenters. The number of anilines is 1. The molecule has 0 bridgehead atoms. The fraction of sp³-hybridized carbons (Fsp3) is 0.333. The summed E-state index contributed by atoms with van der Waals surface area (Å²) in [4.78, 5) is 0.257. The lowest BCUT2D eigenvalue weighted by Crippen LogP contribution is -2.37. The molecule has 1 aliphatic heterocycles. The summed E-state index contributed by atoms with van der Waals surface area (Å²) in [6.45, 7) is 0.304. The summed E-state index contributed by atoms with van der Waals surface area (Å²) in [5, 5.41) is 10.7. The molecule has 3 N–H and O–H groups in total. The predicted octanol–water partition coefficient (Wildman–Crippen LogP) is 1.57. The number of sulfonamides is 1. The van der Waals surface area contributed by atoms with Crippen molar-refractivity contribution in [3.8, 4) is 0 Å². The predicted molar refractivity (Wildman–Crippen MR) is 82.4 cm³/mol. The highest BCUT2D eigenvalue weighted by Crippen LogP contribution is 2.32. The van der Waals surface area contributed by atoms with Gasteiger partial charge in [0, 0.05) is 29.0 Å². The van der Waals surface area contributed by atoms with Crippen molar-refractivity contribution in [2.45, 2.75) is 23.8 Å². The Bertz CT molecular complexity index is 774. The molecule has 2 aromatic carbocycles. The van der Waals surface area contributed by atoms with Gasteiger partial charge in [-0.3, -0.25) is 0 Å². The van der Waals surface area contributed by atoms with Gasteiger partial charge in [-0.25, -0.2) is 8.42 Å². The summed E-state index contributed by atoms with van der Waals surface area (Å²) in [6, 6.07) is 10.1. The van der Waals surface area contributed by atoms with E-state index in [1.165, 1.54) is 4.31 Å². The van der Waals surface area contributed by atoms with Crippen LogP contribution >= 0.6 is 0 Å². The van der Waals surface area contributed by atoms with E-state index in [-0.39, 0.29) is 17.5 Å². The molecular formula is C15H18N2O3S. The van der Waals surface area contributed by atoms with Crippen LogP contribution in [0.3, 0.4) is 0 Å². The fourth-order valence-electron chi connectivity index (χ4n) is 2.95. The molecule has 3 rings (SSSR count). The van der Waals surface area contributed by atoms with Crippen LogP contribution in [0.2, 0.25) is 0 Å². The van der Waals surface area contributed by atoms with E-state index in [1.807, 2.05) is 12.1 Å². The first-order valence-corrected chi connectivity index (χ1v) is 8.39. The third kappa shape index (κ3) is 2.29. The molecule has 0 radical (unpaired) electrons. The average molecular weight is 306 g/mol. The zero-order valence-corrected chi connectivity index (χ0v) is 12.4. The van der Waals surface area contributed by atoms with Crippen LogP contribution in [0.1, 0.15) is 12.8 Å². The minimum atomic E-state index is -3.63. The Morgan fingerprint density at radius 2 is 1.90 bits per heavy atom. The summed E-state index contributed by atoms with van der Waals surface area (Å²) in [7, 11) is -3.63. The second-order valence-corrected chi connectivity index (χ2v) is 7.15. The van der Waals surface area contributed by atoms with Gasteiger partial charge in [0.05, 0.1) is 11.5 Å². The Morgan fingerprint density at radius 1 is 1.19 bits per heavy atom. The number of aliphatic hydroxyl groups excluding tert-OH is 1. The summed E-state index contributed by atoms with van der Waals surface area (Å²) in [5.74, 6) is 0. The van der Waals surface area contributed by atoms with Gasteiger partial charge in [-0.05, 0) is 25.0 Å². The van der Waals surface area contributed by atoms with Crippen molar-refractivity contribution >= 4 is 26.5 Å². The van der Waals surface area contributed by atoms with Crippen LogP contribution in [0.5, 0.6) is 0 Å². The van der Waals surface area contributed by atoms with Gasteiger partial charge < -0.3 is 10.8 Å². The van der Waals surface area contributed by atoms with Crippen molar-refractivity contribution in [2.24, 2.45) is 0 Å². The van der Waals surface area contributed by atoms with E-state index in [0.29, 0.717) is 24.0 Å². The van der Waals surface area contributed by atoms with Gasteiger partial charge >= 0.3 is 0 Å². The first-order chi connectivity index (χ1) is 10.1. The molecule has 1 fully saturated rings. The molecule has 5 nitrogen and oxygen atoms in total. The number of rotatable bonds is 3. The molecule has 0 amide bonds. The second-order valence-electron chi connectivity index (χ2n) is 5.29. The number of aliphatic hydroxyl groups is 1. The molecule has 112 valence electrons. The lowest BCUT2D eigenvalue weighted by Gasteiger charge is -2.23. The van der Waals surface area contributed by atoms with Crippen molar-refractivity contribution < 1.29 is 13.5 Å². The highest BCUT2D eigenvalue weighted by molar-refractivity contribution is 7.89. The van der Waals surface area contributed by atoms with Gasteiger partial charge in [0.2, 0.25) is 10.0 Å². The van der Waals surface area contributed by atoms with E-state index in [0.717, 1.165) is 11.8 Å². The SMILES string of the molecule is Nc1ccc(S(=O)(=O)N2CCCC2CO)c2ccccc12. The zero-order valence-electron chi connectivity index (χ0n) is 11.6. The molecule has 0 aromatic heterocycles. The molecule has 6 heteroatoms. The number of hydrogen-bond donors (Lipinski definition) is 2. The summed E-state index contributed by atoms with van der Waals surface area (Å²) in [5.41, 5.74) is 6.49. The Balaban J connectivity index is 2.18. The van der Waals surface area contributed by atoms with Crippen molar-refractivity contribution in [3.63, 3.8) is 0 Å². The number of fused-ring (bicyclic) bond motifs is 1. The van der Waals surface area contributed by atoms with Crippen molar-refractivity contribution in [1.82, 2.24) is 4.31 Å². The molecule has 0 saturated carbocycles. The standard InChI is InChI=1S/C15H18N2O3S/c16-14-7-8-15(13-6-2-1-5-12(13)14)21(19,20)17-9-3-4-11(17)10-18/h1-2,5-8,11,18H,3-4,9-10,16H2. The maximum absolute atomic E-state index is 12.9. The Kier molecular flexibility index (Phi) is 3.61. The first-order valence-electron chi connectivity index (χ1n) is 6.95. The summed E-state index contributed by atoms with van der Waals surface area (Å²) >= 11 is 0. The van der Waals surface area contributed by atoms with E-state index >= 15 is 0 Å². The van der Waals surface area contributed by atoms with Crippen LogP contribution in [0.15, 0.2) is 41.3 Å². The number of hydrogen-bond acceptors (Lipinski definition) is 4. The van der Waals surface area contributed by atoms with Gasteiger partial charge in [0.25, 0.3) is 0 Å². The number of benzene rings is 2. The highest BCUT2D eigenvalue weighted by atomic mass is 32.2. The van der Waals surface area contributed by atoms with E-state index in [1.54, 1.807) is 24.3 Å². The van der Waals surface area contributed by atoms with Crippen LogP contribution in [0.25, 0.3) is 10.8 Å². The maximum Gasteiger partial charge on any atom is 0.244 e. The summed E-state index contributed by atoms with van der Waals surface area (Å²) < 4.78 is 27.2. The number of nitrogens with zero attached hydrogens (tertiary/aromatic N) is 1. The highest BCUT2D eigenvalue weighted by Gasteiger charge is 2.35. The molecule has 2 aromatic rings. The minimum Gasteiger partial charge on any atom is -0.398 e. The number of nitrogen functional groups attached to an aromatic ring is 1. The Labute approximate surface area is 124 Å². The monoisotopic (exact) mass is 306 g/mol. The van der Waals surface area contributed by atoms with Gasteiger partial charge in [0.1, 0.15) is 0 Å². The van der Waals surface area contributed by atoms with Crippen LogP contribution in [0.4, 0.5) is 5.69 Å². The first kappa shape index (κ1) is 14.3. The molecule has 1 aliphatic rings. The zero-order chi connectivity index (χ0) is 15.0. The topological polar surface area (TPSA) is 83.6 Å². The smallest absolute Gasteiger partial charge is 0.244 e. The van der Waals surface area contributed by atoms with E-state index in [9.17, 15) is 13.5 Å². The Hall–Kier alpha value is -1.63. The molecule has 1 unspecified atom stereocenters. The van der Waals surface area contributed by atoms with Gasteiger partial charge in [-0.2, -0.15) is 4.31 Å². The van der Waals surface area contributed by atoms with Crippen LogP contribution < -0.4 is 5.73 Å². The van der Waals surface area contributed by atoms with Gasteiger partial charge in [-0.1, -0.05) is 24.3 Å². The van der Waals surface area contributed by atoms with Crippen LogP contribution in [-0.4, -0.2) is 37.0 Å². The Morgan fingerprint density at radius 3 is 2.62 bits per heavy atom. The molecule has 0 aliphatic carbocycles. The van der Waals surface area contributed by atoms with Crippen molar-refractivity contribution in [1.29, 1.82) is 0 Å². The lowest BCUT2D eigenvalue weighted by atomic mass is 10.1. The van der Waals surface area contributed by atoms with Gasteiger partial charge in [0.15, 0.2) is 0 Å². The molecule has 1 saturated heterocycles. The molecule has 1 heterocycles. The van der Waals surface area contributed by atoms with Crippen molar-refractivity contribution in [2.75, 3.05) is 18.9 Å². The third-order valence-electron chi connectivity index (χ3n) is 4.04.